The van der Waals surface area contributed by atoms with E-state index in [1.54, 1.807) is 11.1 Å². The summed E-state index contributed by atoms with van der Waals surface area (Å²) in [5, 5.41) is 0. The third kappa shape index (κ3) is 1.55. The fourth-order valence-electron chi connectivity index (χ4n) is 11.0. The van der Waals surface area contributed by atoms with Gasteiger partial charge in [-0.1, -0.05) is 18.1 Å². The van der Waals surface area contributed by atoms with Crippen LogP contribution in [0.5, 0.6) is 0 Å². The summed E-state index contributed by atoms with van der Waals surface area (Å²) in [7, 11) is 0. The standard InChI is InChI=1S/C25H34O3/c1-22-6-5-19-20-4-3-15-12-18(26)13-16(21(15)19)11-17-14-24(20,22)7-8-25(17,22)23(2)27-9-10-28-23/h16-17,19-20H,3-14H2,1-2H3/t16?,17?,19?,20?,22-,24?,25-/m0/s1. The van der Waals surface area contributed by atoms with E-state index in [0.717, 1.165) is 37.9 Å². The van der Waals surface area contributed by atoms with Gasteiger partial charge in [0.25, 0.3) is 0 Å². The van der Waals surface area contributed by atoms with Gasteiger partial charge in [0.1, 0.15) is 5.78 Å². The van der Waals surface area contributed by atoms with Crippen molar-refractivity contribution in [3.63, 3.8) is 0 Å². The molecule has 6 aliphatic carbocycles. The molecule has 1 saturated heterocycles. The van der Waals surface area contributed by atoms with Crippen LogP contribution in [0, 0.1) is 39.9 Å². The molecule has 4 saturated carbocycles. The first-order valence-corrected chi connectivity index (χ1v) is 12.0. The van der Waals surface area contributed by atoms with E-state index in [1.165, 1.54) is 51.4 Å². The zero-order chi connectivity index (χ0) is 18.9. The number of hydrogen-bond donors (Lipinski definition) is 0. The molecule has 0 amide bonds. The van der Waals surface area contributed by atoms with E-state index in [9.17, 15) is 4.79 Å². The van der Waals surface area contributed by atoms with Crippen LogP contribution in [0.3, 0.4) is 0 Å². The van der Waals surface area contributed by atoms with Crippen molar-refractivity contribution >= 4 is 5.78 Å². The molecule has 3 nitrogen and oxygen atoms in total. The number of ether oxygens (including phenoxy) is 2. The molecule has 0 radical (unpaired) electrons. The van der Waals surface area contributed by atoms with Crippen molar-refractivity contribution in [2.45, 2.75) is 83.8 Å². The van der Waals surface area contributed by atoms with Gasteiger partial charge < -0.3 is 9.47 Å². The number of rotatable bonds is 1. The van der Waals surface area contributed by atoms with E-state index in [2.05, 4.69) is 13.8 Å². The van der Waals surface area contributed by atoms with E-state index in [1.807, 2.05) is 0 Å². The van der Waals surface area contributed by atoms with Gasteiger partial charge in [0.15, 0.2) is 5.79 Å². The summed E-state index contributed by atoms with van der Waals surface area (Å²) < 4.78 is 13.0. The van der Waals surface area contributed by atoms with Crippen molar-refractivity contribution in [3.8, 4) is 0 Å². The van der Waals surface area contributed by atoms with Gasteiger partial charge in [-0.25, -0.2) is 0 Å². The summed E-state index contributed by atoms with van der Waals surface area (Å²) in [5.41, 5.74) is 4.33. The third-order valence-corrected chi connectivity index (χ3v) is 11.6. The maximum absolute atomic E-state index is 12.7. The summed E-state index contributed by atoms with van der Waals surface area (Å²) in [5.74, 6) is 2.89. The molecule has 6 bridgehead atoms. The minimum Gasteiger partial charge on any atom is -0.347 e. The van der Waals surface area contributed by atoms with Crippen LogP contribution in [0.1, 0.15) is 78.1 Å². The molecule has 1 spiro atoms. The zero-order valence-electron chi connectivity index (χ0n) is 17.5. The fourth-order valence-corrected chi connectivity index (χ4v) is 11.0. The minimum atomic E-state index is -0.425. The van der Waals surface area contributed by atoms with E-state index in [4.69, 9.17) is 9.47 Å². The number of carbonyl (C=O) groups is 1. The number of carbonyl (C=O) groups excluding carboxylic acids is 1. The van der Waals surface area contributed by atoms with Crippen LogP contribution < -0.4 is 0 Å². The van der Waals surface area contributed by atoms with Crippen molar-refractivity contribution in [1.29, 1.82) is 0 Å². The van der Waals surface area contributed by atoms with Crippen molar-refractivity contribution in [3.05, 3.63) is 11.1 Å². The number of hydrogen-bond acceptors (Lipinski definition) is 3. The van der Waals surface area contributed by atoms with Crippen LogP contribution in [0.15, 0.2) is 11.1 Å². The smallest absolute Gasteiger partial charge is 0.172 e. The van der Waals surface area contributed by atoms with Crippen LogP contribution in [-0.2, 0) is 14.3 Å². The number of ketones is 1. The van der Waals surface area contributed by atoms with E-state index in [-0.39, 0.29) is 5.41 Å². The van der Waals surface area contributed by atoms with E-state index < -0.39 is 5.79 Å². The maximum atomic E-state index is 12.7. The molecular formula is C25H34O3. The molecule has 1 heterocycles. The van der Waals surface area contributed by atoms with Gasteiger partial charge in [0, 0.05) is 18.3 Å². The molecule has 0 N–H and O–H groups in total. The summed E-state index contributed by atoms with van der Waals surface area (Å²) in [6.07, 6.45) is 12.1. The lowest BCUT2D eigenvalue weighted by Gasteiger charge is -2.59. The molecular weight excluding hydrogens is 348 g/mol. The molecule has 7 rings (SSSR count). The van der Waals surface area contributed by atoms with Gasteiger partial charge >= 0.3 is 0 Å². The van der Waals surface area contributed by atoms with Gasteiger partial charge in [-0.3, -0.25) is 4.79 Å². The van der Waals surface area contributed by atoms with E-state index >= 15 is 0 Å². The second-order valence-corrected chi connectivity index (χ2v) is 11.7. The Bertz CT molecular complexity index is 807. The summed E-state index contributed by atoms with van der Waals surface area (Å²) in [4.78, 5) is 12.7. The molecule has 0 aromatic rings. The molecule has 5 unspecified atom stereocenters. The Morgan fingerprint density at radius 1 is 1.04 bits per heavy atom. The molecule has 7 atom stereocenters. The predicted molar refractivity (Wildman–Crippen MR) is 105 cm³/mol. The quantitative estimate of drug-likeness (QED) is 0.596. The van der Waals surface area contributed by atoms with Gasteiger partial charge in [0.05, 0.1) is 13.2 Å². The normalized spacial score (nSPS) is 55.6. The Hall–Kier alpha value is -0.670. The van der Waals surface area contributed by atoms with Crippen LogP contribution in [-0.4, -0.2) is 24.8 Å². The monoisotopic (exact) mass is 382 g/mol. The number of allylic oxidation sites excluding steroid dienone is 2. The highest BCUT2D eigenvalue weighted by Gasteiger charge is 2.82. The van der Waals surface area contributed by atoms with Crippen molar-refractivity contribution in [2.24, 2.45) is 39.9 Å². The second kappa shape index (κ2) is 4.97. The highest BCUT2D eigenvalue weighted by Crippen LogP contribution is 2.86. The Labute approximate surface area is 168 Å². The molecule has 7 aliphatic rings. The molecule has 28 heavy (non-hydrogen) atoms. The van der Waals surface area contributed by atoms with Crippen molar-refractivity contribution < 1.29 is 14.3 Å². The first-order valence-electron chi connectivity index (χ1n) is 12.0. The highest BCUT2D eigenvalue weighted by atomic mass is 16.7. The zero-order valence-corrected chi connectivity index (χ0v) is 17.5. The van der Waals surface area contributed by atoms with Crippen LogP contribution >= 0.6 is 0 Å². The lowest BCUT2D eigenvalue weighted by molar-refractivity contribution is -0.270. The molecule has 3 heteroatoms. The molecule has 152 valence electrons. The fraction of sp³-hybridized carbons (Fsp3) is 0.880. The Kier molecular flexibility index (Phi) is 3.02. The van der Waals surface area contributed by atoms with Crippen molar-refractivity contribution in [1.82, 2.24) is 0 Å². The van der Waals surface area contributed by atoms with Gasteiger partial charge in [-0.15, -0.1) is 0 Å². The average Bonchev–Trinajstić information content (AvgIpc) is 3.29. The van der Waals surface area contributed by atoms with Gasteiger partial charge in [-0.05, 0) is 92.8 Å². The summed E-state index contributed by atoms with van der Waals surface area (Å²) in [6.45, 7) is 6.43. The maximum Gasteiger partial charge on any atom is 0.172 e. The minimum absolute atomic E-state index is 0.139. The highest BCUT2D eigenvalue weighted by molar-refractivity contribution is 5.83. The average molecular weight is 383 g/mol. The molecule has 1 aliphatic heterocycles. The first-order chi connectivity index (χ1) is 13.4. The number of fused-ring (bicyclic) bond motifs is 2. The Morgan fingerprint density at radius 2 is 1.86 bits per heavy atom. The van der Waals surface area contributed by atoms with Gasteiger partial charge in [0.2, 0.25) is 0 Å². The topological polar surface area (TPSA) is 35.5 Å². The Morgan fingerprint density at radius 3 is 2.68 bits per heavy atom. The summed E-state index contributed by atoms with van der Waals surface area (Å²) >= 11 is 0. The molecule has 0 aromatic heterocycles. The second-order valence-electron chi connectivity index (χ2n) is 11.7. The summed E-state index contributed by atoms with van der Waals surface area (Å²) in [6, 6.07) is 0. The first kappa shape index (κ1) is 17.1. The van der Waals surface area contributed by atoms with Crippen LogP contribution in [0.4, 0.5) is 0 Å². The van der Waals surface area contributed by atoms with Crippen molar-refractivity contribution in [2.75, 3.05) is 13.2 Å². The Balaban J connectivity index is 1.48. The largest absolute Gasteiger partial charge is 0.347 e. The van der Waals surface area contributed by atoms with Gasteiger partial charge in [-0.2, -0.15) is 0 Å². The predicted octanol–water partition coefficient (Wildman–Crippen LogP) is 5.04. The number of Topliss-reactive ketones (excluding diaryl/α,β-unsaturated/α-hetero) is 1. The lowest BCUT2D eigenvalue weighted by Crippen LogP contribution is -2.58. The molecule has 0 aromatic carbocycles. The molecule has 5 fully saturated rings. The lowest BCUT2D eigenvalue weighted by atomic mass is 9.45. The van der Waals surface area contributed by atoms with Crippen LogP contribution in [0.25, 0.3) is 0 Å². The van der Waals surface area contributed by atoms with Crippen LogP contribution in [0.2, 0.25) is 0 Å². The SMILES string of the molecule is CC1([C@@]23CCC45CC2CC2CC(=O)CC6=C2C(CC[C@@]43C)C5CC6)OCCO1. The third-order valence-electron chi connectivity index (χ3n) is 11.6. The van der Waals surface area contributed by atoms with E-state index in [0.29, 0.717) is 28.4 Å².